The Bertz CT molecular complexity index is 454. The molecule has 1 aromatic rings. The molecule has 0 amide bonds. The molecule has 0 aliphatic heterocycles. The van der Waals surface area contributed by atoms with Gasteiger partial charge in [-0.05, 0) is 0 Å². The molecule has 0 atom stereocenters. The van der Waals surface area contributed by atoms with E-state index in [0.29, 0.717) is 10.9 Å². The van der Waals surface area contributed by atoms with Crippen molar-refractivity contribution in [2.45, 2.75) is 5.16 Å². The highest BCUT2D eigenvalue weighted by Gasteiger charge is 2.02. The van der Waals surface area contributed by atoms with Gasteiger partial charge in [-0.2, -0.15) is 4.98 Å². The number of thioether (sulfide) groups is 1. The van der Waals surface area contributed by atoms with Crippen LogP contribution < -0.4 is 11.1 Å². The van der Waals surface area contributed by atoms with Gasteiger partial charge in [-0.3, -0.25) is 19.4 Å². The minimum absolute atomic E-state index is 0.405. The SMILES string of the molecule is C#CCSc1nc(=O)c(=O)[nH]n1C. The van der Waals surface area contributed by atoms with Gasteiger partial charge >= 0.3 is 11.1 Å². The zero-order valence-corrected chi connectivity index (χ0v) is 7.72. The summed E-state index contributed by atoms with van der Waals surface area (Å²) in [5.74, 6) is 2.80. The Kier molecular flexibility index (Phi) is 2.93. The van der Waals surface area contributed by atoms with Crippen molar-refractivity contribution in [2.75, 3.05) is 5.75 Å². The van der Waals surface area contributed by atoms with Crippen molar-refractivity contribution in [3.63, 3.8) is 0 Å². The van der Waals surface area contributed by atoms with Crippen LogP contribution in [0.2, 0.25) is 0 Å². The highest BCUT2D eigenvalue weighted by Crippen LogP contribution is 2.08. The van der Waals surface area contributed by atoms with E-state index >= 15 is 0 Å². The van der Waals surface area contributed by atoms with E-state index < -0.39 is 11.1 Å². The Morgan fingerprint density at radius 2 is 2.38 bits per heavy atom. The second-order valence-electron chi connectivity index (χ2n) is 2.19. The fourth-order valence-corrected chi connectivity index (χ4v) is 1.30. The number of rotatable bonds is 2. The number of nitrogens with zero attached hydrogens (tertiary/aromatic N) is 2. The first-order valence-corrected chi connectivity index (χ1v) is 4.37. The lowest BCUT2D eigenvalue weighted by Gasteiger charge is -2.02. The Morgan fingerprint density at radius 1 is 1.69 bits per heavy atom. The smallest absolute Gasteiger partial charge is 0.265 e. The topological polar surface area (TPSA) is 67.8 Å². The number of nitrogens with one attached hydrogen (secondary N) is 1. The molecule has 0 unspecified atom stereocenters. The van der Waals surface area contributed by atoms with Crippen LogP contribution in [0.3, 0.4) is 0 Å². The first-order valence-electron chi connectivity index (χ1n) is 3.38. The van der Waals surface area contributed by atoms with Crippen molar-refractivity contribution in [3.8, 4) is 12.3 Å². The number of hydrogen-bond acceptors (Lipinski definition) is 4. The van der Waals surface area contributed by atoms with Crippen LogP contribution >= 0.6 is 11.8 Å². The lowest BCUT2D eigenvalue weighted by atomic mass is 10.8. The Hall–Kier alpha value is -1.48. The van der Waals surface area contributed by atoms with E-state index in [4.69, 9.17) is 6.42 Å². The van der Waals surface area contributed by atoms with Crippen LogP contribution in [0.5, 0.6) is 0 Å². The standard InChI is InChI=1S/C7H7N3O2S/c1-3-4-13-7-8-5(11)6(12)9-10(7)2/h1H,4H2,2H3,(H,9,12). The van der Waals surface area contributed by atoms with Crippen LogP contribution in [0.15, 0.2) is 14.7 Å². The maximum atomic E-state index is 10.8. The predicted molar refractivity (Wildman–Crippen MR) is 49.7 cm³/mol. The molecule has 0 aromatic carbocycles. The minimum Gasteiger partial charge on any atom is -0.265 e. The molecular weight excluding hydrogens is 190 g/mol. The minimum atomic E-state index is -0.794. The summed E-state index contributed by atoms with van der Waals surface area (Å²) in [6.45, 7) is 0. The number of terminal acetylenes is 1. The highest BCUT2D eigenvalue weighted by molar-refractivity contribution is 7.99. The molecule has 68 valence electrons. The maximum Gasteiger partial charge on any atom is 0.339 e. The van der Waals surface area contributed by atoms with Gasteiger partial charge in [0.05, 0.1) is 5.75 Å². The molecule has 1 heterocycles. The van der Waals surface area contributed by atoms with Crippen molar-refractivity contribution < 1.29 is 0 Å². The van der Waals surface area contributed by atoms with Crippen LogP contribution in [-0.4, -0.2) is 20.5 Å². The first-order chi connectivity index (χ1) is 6.15. The van der Waals surface area contributed by atoms with Crippen LogP contribution in [0.1, 0.15) is 0 Å². The molecule has 0 aliphatic rings. The lowest BCUT2D eigenvalue weighted by molar-refractivity contribution is 0.597. The Labute approximate surface area is 78.2 Å². The molecule has 0 radical (unpaired) electrons. The number of aromatic amines is 1. The number of aromatic nitrogens is 3. The van der Waals surface area contributed by atoms with Crippen molar-refractivity contribution in [1.82, 2.24) is 14.8 Å². The number of hydrogen-bond donors (Lipinski definition) is 1. The first kappa shape index (κ1) is 9.61. The molecule has 5 nitrogen and oxygen atoms in total. The summed E-state index contributed by atoms with van der Waals surface area (Å²) < 4.78 is 1.37. The molecular formula is C7H7N3O2S. The van der Waals surface area contributed by atoms with E-state index in [1.54, 1.807) is 7.05 Å². The second kappa shape index (κ2) is 3.96. The number of H-pyrrole nitrogens is 1. The van der Waals surface area contributed by atoms with Crippen molar-refractivity contribution in [1.29, 1.82) is 0 Å². The monoisotopic (exact) mass is 197 g/mol. The molecule has 0 saturated carbocycles. The number of aryl methyl sites for hydroxylation is 1. The molecule has 0 bridgehead atoms. The van der Waals surface area contributed by atoms with Gasteiger partial charge in [0.2, 0.25) is 0 Å². The van der Waals surface area contributed by atoms with E-state index in [1.165, 1.54) is 16.4 Å². The van der Waals surface area contributed by atoms with Crippen molar-refractivity contribution >= 4 is 11.8 Å². The predicted octanol–water partition coefficient (Wildman–Crippen LogP) is -0.806. The largest absolute Gasteiger partial charge is 0.339 e. The van der Waals surface area contributed by atoms with Gasteiger partial charge in [-0.15, -0.1) is 6.42 Å². The summed E-state index contributed by atoms with van der Waals surface area (Å²) in [5, 5.41) is 2.72. The Morgan fingerprint density at radius 3 is 3.00 bits per heavy atom. The quantitative estimate of drug-likeness (QED) is 0.382. The van der Waals surface area contributed by atoms with Crippen LogP contribution in [0.4, 0.5) is 0 Å². The summed E-state index contributed by atoms with van der Waals surface area (Å²) in [4.78, 5) is 25.1. The lowest BCUT2D eigenvalue weighted by Crippen LogP contribution is -2.33. The van der Waals surface area contributed by atoms with Gasteiger partial charge in [0, 0.05) is 7.05 Å². The van der Waals surface area contributed by atoms with Gasteiger partial charge in [-0.1, -0.05) is 17.7 Å². The average Bonchev–Trinajstić information content (AvgIpc) is 2.09. The van der Waals surface area contributed by atoms with Gasteiger partial charge in [-0.25, -0.2) is 0 Å². The molecule has 6 heteroatoms. The summed E-state index contributed by atoms with van der Waals surface area (Å²) in [6.07, 6.45) is 5.04. The highest BCUT2D eigenvalue weighted by atomic mass is 32.2. The van der Waals surface area contributed by atoms with E-state index in [1.807, 2.05) is 0 Å². The van der Waals surface area contributed by atoms with Crippen LogP contribution in [0, 0.1) is 12.3 Å². The van der Waals surface area contributed by atoms with Crippen molar-refractivity contribution in [2.24, 2.45) is 7.05 Å². The third kappa shape index (κ3) is 2.23. The fraction of sp³-hybridized carbons (Fsp3) is 0.286. The molecule has 0 fully saturated rings. The molecule has 0 saturated heterocycles. The molecule has 0 spiro atoms. The fourth-order valence-electron chi connectivity index (χ4n) is 0.696. The van der Waals surface area contributed by atoms with Crippen LogP contribution in [0.25, 0.3) is 0 Å². The van der Waals surface area contributed by atoms with E-state index in [9.17, 15) is 9.59 Å². The van der Waals surface area contributed by atoms with Crippen molar-refractivity contribution in [3.05, 3.63) is 20.7 Å². The van der Waals surface area contributed by atoms with E-state index in [0.717, 1.165) is 0 Å². The third-order valence-electron chi connectivity index (χ3n) is 1.23. The summed E-state index contributed by atoms with van der Waals surface area (Å²) in [5.41, 5.74) is -1.52. The van der Waals surface area contributed by atoms with Crippen LogP contribution in [-0.2, 0) is 7.05 Å². The van der Waals surface area contributed by atoms with Gasteiger partial charge in [0.15, 0.2) is 5.16 Å². The zero-order valence-electron chi connectivity index (χ0n) is 6.90. The molecule has 1 N–H and O–H groups in total. The summed E-state index contributed by atoms with van der Waals surface area (Å²) in [6, 6.07) is 0. The Balaban J connectivity index is 3.10. The second-order valence-corrected chi connectivity index (χ2v) is 3.13. The molecule has 0 aliphatic carbocycles. The zero-order chi connectivity index (χ0) is 9.84. The maximum absolute atomic E-state index is 10.8. The molecule has 1 aromatic heterocycles. The third-order valence-corrected chi connectivity index (χ3v) is 2.17. The van der Waals surface area contributed by atoms with E-state index in [-0.39, 0.29) is 0 Å². The van der Waals surface area contributed by atoms with Gasteiger partial charge < -0.3 is 0 Å². The van der Waals surface area contributed by atoms with E-state index in [2.05, 4.69) is 16.0 Å². The molecule has 1 rings (SSSR count). The average molecular weight is 197 g/mol. The van der Waals surface area contributed by atoms with Gasteiger partial charge in [0.1, 0.15) is 0 Å². The normalized spacial score (nSPS) is 9.54. The summed E-state index contributed by atoms with van der Waals surface area (Å²) >= 11 is 1.22. The molecule has 13 heavy (non-hydrogen) atoms. The van der Waals surface area contributed by atoms with Gasteiger partial charge in [0.25, 0.3) is 0 Å². The summed E-state index contributed by atoms with van der Waals surface area (Å²) in [7, 11) is 1.59.